The van der Waals surface area contributed by atoms with Gasteiger partial charge in [-0.05, 0) is 32.1 Å². The molecule has 2 saturated heterocycles. The van der Waals surface area contributed by atoms with Gasteiger partial charge in [-0.3, -0.25) is 4.90 Å². The smallest absolute Gasteiger partial charge is 0.319 e. The molecule has 160 valence electrons. The minimum absolute atomic E-state index is 0.0466. The number of rotatable bonds is 6. The molecule has 2 heterocycles. The summed E-state index contributed by atoms with van der Waals surface area (Å²) in [4.78, 5) is 30.6. The molecule has 0 radical (unpaired) electrons. The molecule has 0 aromatic rings. The van der Waals surface area contributed by atoms with E-state index < -0.39 is 0 Å². The molecular formula is C20H37N5O3. The van der Waals surface area contributed by atoms with Crippen molar-refractivity contribution in [3.05, 3.63) is 0 Å². The zero-order valence-corrected chi connectivity index (χ0v) is 17.5. The van der Waals surface area contributed by atoms with Crippen molar-refractivity contribution < 1.29 is 14.3 Å². The molecule has 8 nitrogen and oxygen atoms in total. The molecule has 28 heavy (non-hydrogen) atoms. The molecular weight excluding hydrogens is 358 g/mol. The maximum Gasteiger partial charge on any atom is 0.319 e. The van der Waals surface area contributed by atoms with Gasteiger partial charge in [-0.1, -0.05) is 12.8 Å². The van der Waals surface area contributed by atoms with E-state index in [-0.39, 0.29) is 12.1 Å². The molecule has 3 aliphatic rings. The summed E-state index contributed by atoms with van der Waals surface area (Å²) in [5.74, 6) is 0. The summed E-state index contributed by atoms with van der Waals surface area (Å²) in [7, 11) is 3.61. The van der Waals surface area contributed by atoms with Crippen LogP contribution >= 0.6 is 0 Å². The standard InChI is InChI=1S/C20H37N5O3/c1-23(2)20(27)24-11-7-18(15-24)25(17-8-13-28-14-9-17)12-10-21-19(26)22-16-5-3-4-6-16/h16-18H,3-15H2,1-2H3,(H2,21,22,26). The number of nitrogens with zero attached hydrogens (tertiary/aromatic N) is 3. The largest absolute Gasteiger partial charge is 0.381 e. The number of likely N-dealkylation sites (tertiary alicyclic amines) is 1. The first-order valence-corrected chi connectivity index (χ1v) is 10.9. The normalized spacial score (nSPS) is 24.0. The average Bonchev–Trinajstić information content (AvgIpc) is 3.37. The molecule has 0 aromatic heterocycles. The third-order valence-corrected chi connectivity index (χ3v) is 6.29. The van der Waals surface area contributed by atoms with Crippen LogP contribution in [0, 0.1) is 0 Å². The van der Waals surface area contributed by atoms with Crippen molar-refractivity contribution in [2.24, 2.45) is 0 Å². The Morgan fingerprint density at radius 1 is 1.04 bits per heavy atom. The Hall–Kier alpha value is -1.54. The van der Waals surface area contributed by atoms with E-state index in [9.17, 15) is 9.59 Å². The average molecular weight is 396 g/mol. The Labute approximate surface area is 168 Å². The van der Waals surface area contributed by atoms with Crippen LogP contribution in [0.2, 0.25) is 0 Å². The minimum atomic E-state index is -0.0466. The lowest BCUT2D eigenvalue weighted by Gasteiger charge is -2.38. The van der Waals surface area contributed by atoms with E-state index in [1.54, 1.807) is 19.0 Å². The second kappa shape index (κ2) is 10.3. The van der Waals surface area contributed by atoms with Crippen molar-refractivity contribution in [2.45, 2.75) is 63.1 Å². The highest BCUT2D eigenvalue weighted by atomic mass is 16.5. The van der Waals surface area contributed by atoms with Gasteiger partial charge in [0.2, 0.25) is 0 Å². The number of carbonyl (C=O) groups is 2. The molecule has 2 N–H and O–H groups in total. The SMILES string of the molecule is CN(C)C(=O)N1CCC(N(CCNC(=O)NC2CCCC2)C2CCOCC2)C1. The van der Waals surface area contributed by atoms with E-state index in [0.29, 0.717) is 24.7 Å². The summed E-state index contributed by atoms with van der Waals surface area (Å²) in [5.41, 5.74) is 0. The molecule has 0 bridgehead atoms. The van der Waals surface area contributed by atoms with Crippen molar-refractivity contribution in [2.75, 3.05) is 53.5 Å². The minimum Gasteiger partial charge on any atom is -0.381 e. The Bertz CT molecular complexity index is 518. The predicted molar refractivity (Wildman–Crippen MR) is 108 cm³/mol. The summed E-state index contributed by atoms with van der Waals surface area (Å²) in [6, 6.07) is 1.20. The van der Waals surface area contributed by atoms with E-state index in [0.717, 1.165) is 65.0 Å². The maximum atomic E-state index is 12.3. The zero-order chi connectivity index (χ0) is 19.9. The lowest BCUT2D eigenvalue weighted by Crippen LogP contribution is -2.51. The number of ether oxygens (including phenoxy) is 1. The van der Waals surface area contributed by atoms with Crippen molar-refractivity contribution >= 4 is 12.1 Å². The van der Waals surface area contributed by atoms with Gasteiger partial charge in [-0.25, -0.2) is 9.59 Å². The predicted octanol–water partition coefficient (Wildman–Crippen LogP) is 1.47. The fourth-order valence-electron chi connectivity index (χ4n) is 4.75. The highest BCUT2D eigenvalue weighted by Crippen LogP contribution is 2.23. The number of hydrogen-bond acceptors (Lipinski definition) is 4. The van der Waals surface area contributed by atoms with Crippen molar-refractivity contribution in [3.8, 4) is 0 Å². The Morgan fingerprint density at radius 3 is 2.43 bits per heavy atom. The molecule has 1 unspecified atom stereocenters. The molecule has 2 aliphatic heterocycles. The second-order valence-corrected chi connectivity index (χ2v) is 8.53. The van der Waals surface area contributed by atoms with Gasteiger partial charge in [-0.2, -0.15) is 0 Å². The van der Waals surface area contributed by atoms with E-state index >= 15 is 0 Å². The summed E-state index contributed by atoms with van der Waals surface area (Å²) in [6.07, 6.45) is 7.65. The Kier molecular flexibility index (Phi) is 7.79. The first kappa shape index (κ1) is 21.2. The van der Waals surface area contributed by atoms with Gasteiger partial charge in [0.05, 0.1) is 0 Å². The molecule has 3 rings (SSSR count). The van der Waals surface area contributed by atoms with Gasteiger partial charge in [-0.15, -0.1) is 0 Å². The lowest BCUT2D eigenvalue weighted by atomic mass is 10.0. The Morgan fingerprint density at radius 2 is 1.75 bits per heavy atom. The quantitative estimate of drug-likeness (QED) is 0.714. The van der Waals surface area contributed by atoms with Crippen LogP contribution in [0.15, 0.2) is 0 Å². The van der Waals surface area contributed by atoms with Gasteiger partial charge in [0.1, 0.15) is 0 Å². The van der Waals surface area contributed by atoms with E-state index in [1.165, 1.54) is 12.8 Å². The van der Waals surface area contributed by atoms with Crippen LogP contribution in [0.4, 0.5) is 9.59 Å². The highest BCUT2D eigenvalue weighted by molar-refractivity contribution is 5.74. The maximum absolute atomic E-state index is 12.3. The first-order chi connectivity index (χ1) is 13.5. The summed E-state index contributed by atoms with van der Waals surface area (Å²) in [6.45, 7) is 4.61. The molecule has 0 spiro atoms. The summed E-state index contributed by atoms with van der Waals surface area (Å²) in [5, 5.41) is 6.13. The number of nitrogens with one attached hydrogen (secondary N) is 2. The van der Waals surface area contributed by atoms with E-state index in [1.807, 2.05) is 4.90 Å². The summed E-state index contributed by atoms with van der Waals surface area (Å²) < 4.78 is 5.54. The van der Waals surface area contributed by atoms with Crippen molar-refractivity contribution in [3.63, 3.8) is 0 Å². The third kappa shape index (κ3) is 5.73. The number of hydrogen-bond donors (Lipinski definition) is 2. The molecule has 3 fully saturated rings. The molecule has 1 atom stereocenters. The van der Waals surface area contributed by atoms with Crippen LogP contribution in [0.25, 0.3) is 0 Å². The van der Waals surface area contributed by atoms with E-state index in [2.05, 4.69) is 15.5 Å². The third-order valence-electron chi connectivity index (χ3n) is 6.29. The van der Waals surface area contributed by atoms with E-state index in [4.69, 9.17) is 4.74 Å². The molecule has 4 amide bonds. The topological polar surface area (TPSA) is 77.2 Å². The molecule has 0 aromatic carbocycles. The fraction of sp³-hybridized carbons (Fsp3) is 0.900. The van der Waals surface area contributed by atoms with Crippen LogP contribution in [-0.4, -0.2) is 98.4 Å². The molecule has 1 aliphatic carbocycles. The lowest BCUT2D eigenvalue weighted by molar-refractivity contribution is 0.0191. The molecule has 1 saturated carbocycles. The monoisotopic (exact) mass is 395 g/mol. The second-order valence-electron chi connectivity index (χ2n) is 8.53. The van der Waals surface area contributed by atoms with Gasteiger partial charge in [0.25, 0.3) is 0 Å². The van der Waals surface area contributed by atoms with Crippen LogP contribution < -0.4 is 10.6 Å². The Balaban J connectivity index is 1.50. The fourth-order valence-corrected chi connectivity index (χ4v) is 4.75. The first-order valence-electron chi connectivity index (χ1n) is 10.9. The van der Waals surface area contributed by atoms with Gasteiger partial charge >= 0.3 is 12.1 Å². The zero-order valence-electron chi connectivity index (χ0n) is 17.5. The van der Waals surface area contributed by atoms with Gasteiger partial charge in [0.15, 0.2) is 0 Å². The number of amides is 4. The highest BCUT2D eigenvalue weighted by Gasteiger charge is 2.34. The van der Waals surface area contributed by atoms with Crippen LogP contribution in [0.1, 0.15) is 44.9 Å². The number of carbonyl (C=O) groups excluding carboxylic acids is 2. The van der Waals surface area contributed by atoms with Gasteiger partial charge in [0, 0.05) is 71.6 Å². The van der Waals surface area contributed by atoms with Crippen molar-refractivity contribution in [1.29, 1.82) is 0 Å². The van der Waals surface area contributed by atoms with Crippen LogP contribution in [0.5, 0.6) is 0 Å². The van der Waals surface area contributed by atoms with Crippen molar-refractivity contribution in [1.82, 2.24) is 25.3 Å². The molecule has 8 heteroatoms. The van der Waals surface area contributed by atoms with Gasteiger partial charge < -0.3 is 25.2 Å². The number of urea groups is 2. The van der Waals surface area contributed by atoms with Crippen LogP contribution in [0.3, 0.4) is 0 Å². The van der Waals surface area contributed by atoms with Crippen LogP contribution in [-0.2, 0) is 4.74 Å². The summed E-state index contributed by atoms with van der Waals surface area (Å²) >= 11 is 0.